The maximum atomic E-state index is 14.4. The Kier molecular flexibility index (Phi) is 5.28. The van der Waals surface area contributed by atoms with Gasteiger partial charge in [-0.2, -0.15) is 13.2 Å². The minimum absolute atomic E-state index is 0.0364. The summed E-state index contributed by atoms with van der Waals surface area (Å²) in [5, 5.41) is 25.9. The van der Waals surface area contributed by atoms with Crippen molar-refractivity contribution in [1.82, 2.24) is 4.98 Å². The highest BCUT2D eigenvalue weighted by atomic mass is 19.4. The van der Waals surface area contributed by atoms with Crippen molar-refractivity contribution in [1.29, 1.82) is 0 Å². The molecule has 0 radical (unpaired) electrons. The van der Waals surface area contributed by atoms with Crippen LogP contribution in [0.4, 0.5) is 18.9 Å². The zero-order valence-corrected chi connectivity index (χ0v) is 18.8. The van der Waals surface area contributed by atoms with Crippen LogP contribution < -0.4 is 10.9 Å². The molecule has 8 heteroatoms. The molecule has 4 rings (SSSR count). The Labute approximate surface area is 189 Å². The van der Waals surface area contributed by atoms with Crippen LogP contribution >= 0.6 is 0 Å². The number of anilines is 1. The number of nitrogens with one attached hydrogen (secondary N) is 2. The Morgan fingerprint density at radius 1 is 1.12 bits per heavy atom. The Bertz CT molecular complexity index is 1280. The molecule has 1 aromatic heterocycles. The van der Waals surface area contributed by atoms with E-state index in [1.807, 2.05) is 13.8 Å². The number of rotatable bonds is 3. The lowest BCUT2D eigenvalue weighted by Gasteiger charge is -2.49. The predicted octanol–water partition coefficient (Wildman–Crippen LogP) is 5.49. The number of fused-ring (bicyclic) bond motifs is 2. The van der Waals surface area contributed by atoms with Gasteiger partial charge in [0.1, 0.15) is 5.75 Å². The van der Waals surface area contributed by atoms with Crippen LogP contribution in [0.2, 0.25) is 0 Å². The number of alkyl halides is 3. The monoisotopic (exact) mass is 460 g/mol. The standard InChI is InChI=1S/C25H27F3N2O3/c1-13(2)14-8-9-17-19(20(14)31)23(3,4)12-24(33,25(26,27)28)21(17)30-18-7-5-6-16-15(18)10-11-29-22(16)32/h5-11,13,21,30-31,33H,12H2,1-4H3,(H,29,32). The summed E-state index contributed by atoms with van der Waals surface area (Å²) < 4.78 is 43.2. The molecule has 0 saturated heterocycles. The molecule has 4 N–H and O–H groups in total. The van der Waals surface area contributed by atoms with Gasteiger partial charge in [0, 0.05) is 28.2 Å². The highest BCUT2D eigenvalue weighted by Crippen LogP contribution is 2.57. The SMILES string of the molecule is CC(C)c1ccc2c(c1O)C(C)(C)CC(O)(C(F)(F)F)C2Nc1cccc2c(=O)[nH]ccc12. The first kappa shape index (κ1) is 23.2. The van der Waals surface area contributed by atoms with Gasteiger partial charge in [0.15, 0.2) is 5.60 Å². The number of hydrogen-bond donors (Lipinski definition) is 4. The average Bonchev–Trinajstić information content (AvgIpc) is 2.69. The van der Waals surface area contributed by atoms with E-state index in [2.05, 4.69) is 10.3 Å². The van der Waals surface area contributed by atoms with Crippen molar-refractivity contribution in [3.63, 3.8) is 0 Å². The second kappa shape index (κ2) is 7.52. The molecule has 0 fully saturated rings. The van der Waals surface area contributed by atoms with Gasteiger partial charge in [0.25, 0.3) is 5.56 Å². The van der Waals surface area contributed by atoms with Crippen molar-refractivity contribution in [2.75, 3.05) is 5.32 Å². The number of halogens is 3. The number of aliphatic hydroxyl groups is 1. The predicted molar refractivity (Wildman–Crippen MR) is 122 cm³/mol. The zero-order valence-electron chi connectivity index (χ0n) is 18.8. The number of phenolic OH excluding ortho intramolecular Hbond substituents is 1. The van der Waals surface area contributed by atoms with Crippen molar-refractivity contribution >= 4 is 16.5 Å². The van der Waals surface area contributed by atoms with Crippen LogP contribution in [0, 0.1) is 0 Å². The van der Waals surface area contributed by atoms with E-state index in [0.717, 1.165) is 0 Å². The molecular weight excluding hydrogens is 433 g/mol. The van der Waals surface area contributed by atoms with Gasteiger partial charge in [-0.3, -0.25) is 4.79 Å². The molecule has 1 heterocycles. The molecule has 176 valence electrons. The number of benzene rings is 2. The Hall–Kier alpha value is -3.00. The molecule has 1 aliphatic rings. The van der Waals surface area contributed by atoms with Crippen molar-refractivity contribution in [3.8, 4) is 5.75 Å². The van der Waals surface area contributed by atoms with Gasteiger partial charge in [-0.25, -0.2) is 0 Å². The van der Waals surface area contributed by atoms with E-state index in [1.165, 1.54) is 6.20 Å². The lowest BCUT2D eigenvalue weighted by molar-refractivity contribution is -0.275. The zero-order chi connectivity index (χ0) is 24.3. The van der Waals surface area contributed by atoms with E-state index in [9.17, 15) is 28.2 Å². The van der Waals surface area contributed by atoms with Crippen LogP contribution in [0.1, 0.15) is 62.8 Å². The van der Waals surface area contributed by atoms with Gasteiger partial charge in [-0.1, -0.05) is 45.9 Å². The van der Waals surface area contributed by atoms with Crippen molar-refractivity contribution in [2.45, 2.75) is 63.3 Å². The van der Waals surface area contributed by atoms with Gasteiger partial charge in [-0.15, -0.1) is 0 Å². The summed E-state index contributed by atoms with van der Waals surface area (Å²) in [7, 11) is 0. The van der Waals surface area contributed by atoms with Gasteiger partial charge >= 0.3 is 6.18 Å². The van der Waals surface area contributed by atoms with E-state index >= 15 is 0 Å². The fourth-order valence-electron chi connectivity index (χ4n) is 5.13. The molecule has 0 bridgehead atoms. The largest absolute Gasteiger partial charge is 0.507 e. The topological polar surface area (TPSA) is 85.3 Å². The Balaban J connectivity index is 1.98. The first-order valence-electron chi connectivity index (χ1n) is 10.8. The van der Waals surface area contributed by atoms with Crippen molar-refractivity contribution in [3.05, 3.63) is 69.6 Å². The summed E-state index contributed by atoms with van der Waals surface area (Å²) >= 11 is 0. The van der Waals surface area contributed by atoms with Crippen LogP contribution in [0.25, 0.3) is 10.8 Å². The maximum Gasteiger partial charge on any atom is 0.419 e. The molecular formula is C25H27F3N2O3. The molecule has 3 aromatic rings. The third kappa shape index (κ3) is 3.57. The molecule has 1 aliphatic carbocycles. The fourth-order valence-corrected chi connectivity index (χ4v) is 5.13. The van der Waals surface area contributed by atoms with Crippen LogP contribution in [-0.4, -0.2) is 27.0 Å². The lowest BCUT2D eigenvalue weighted by atomic mass is 9.62. The number of aromatic hydroxyl groups is 1. The van der Waals surface area contributed by atoms with E-state index in [0.29, 0.717) is 21.9 Å². The van der Waals surface area contributed by atoms with Crippen LogP contribution in [0.3, 0.4) is 0 Å². The third-order valence-corrected chi connectivity index (χ3v) is 6.65. The molecule has 0 spiro atoms. The van der Waals surface area contributed by atoms with E-state index < -0.39 is 29.7 Å². The number of pyridine rings is 1. The van der Waals surface area contributed by atoms with Gasteiger partial charge in [0.05, 0.1) is 6.04 Å². The minimum atomic E-state index is -4.95. The highest BCUT2D eigenvalue weighted by molar-refractivity contribution is 5.93. The normalized spacial score (nSPS) is 22.4. The second-order valence-electron chi connectivity index (χ2n) is 9.76. The quantitative estimate of drug-likeness (QED) is 0.417. The summed E-state index contributed by atoms with van der Waals surface area (Å²) in [4.78, 5) is 14.7. The van der Waals surface area contributed by atoms with Crippen LogP contribution in [0.15, 0.2) is 47.4 Å². The first-order chi connectivity index (χ1) is 15.3. The molecule has 0 saturated carbocycles. The molecule has 0 aliphatic heterocycles. The fraction of sp³-hybridized carbons (Fsp3) is 0.400. The molecule has 2 atom stereocenters. The average molecular weight is 460 g/mol. The molecule has 2 aromatic carbocycles. The molecule has 33 heavy (non-hydrogen) atoms. The van der Waals surface area contributed by atoms with E-state index in [1.54, 1.807) is 50.2 Å². The third-order valence-electron chi connectivity index (χ3n) is 6.65. The summed E-state index contributed by atoms with van der Waals surface area (Å²) in [6.45, 7) is 6.99. The van der Waals surface area contributed by atoms with Crippen LogP contribution in [-0.2, 0) is 5.41 Å². The van der Waals surface area contributed by atoms with Gasteiger partial charge in [-0.05, 0) is 47.1 Å². The highest BCUT2D eigenvalue weighted by Gasteiger charge is 2.64. The summed E-state index contributed by atoms with van der Waals surface area (Å²) in [6.07, 6.45) is -4.17. The maximum absolute atomic E-state index is 14.4. The Morgan fingerprint density at radius 2 is 1.82 bits per heavy atom. The van der Waals surface area contributed by atoms with Gasteiger partial charge < -0.3 is 20.5 Å². The number of hydrogen-bond acceptors (Lipinski definition) is 4. The number of H-pyrrole nitrogens is 1. The Morgan fingerprint density at radius 3 is 2.45 bits per heavy atom. The number of aromatic amines is 1. The summed E-state index contributed by atoms with van der Waals surface area (Å²) in [5.41, 5.74) is -3.15. The molecule has 0 amide bonds. The lowest BCUT2D eigenvalue weighted by Crippen LogP contribution is -2.58. The smallest absolute Gasteiger partial charge is 0.419 e. The van der Waals surface area contributed by atoms with Crippen LogP contribution in [0.5, 0.6) is 5.75 Å². The van der Waals surface area contributed by atoms with Crippen molar-refractivity contribution in [2.24, 2.45) is 0 Å². The summed E-state index contributed by atoms with van der Waals surface area (Å²) in [5.74, 6) is -0.0800. The van der Waals surface area contributed by atoms with E-state index in [4.69, 9.17) is 0 Å². The molecule has 2 unspecified atom stereocenters. The minimum Gasteiger partial charge on any atom is -0.507 e. The summed E-state index contributed by atoms with van der Waals surface area (Å²) in [6, 6.07) is 7.88. The molecule has 5 nitrogen and oxygen atoms in total. The number of aromatic nitrogens is 1. The van der Waals surface area contributed by atoms with Gasteiger partial charge in [0.2, 0.25) is 0 Å². The number of phenols is 1. The second-order valence-corrected chi connectivity index (χ2v) is 9.76. The van der Waals surface area contributed by atoms with Crippen molar-refractivity contribution < 1.29 is 23.4 Å². The first-order valence-corrected chi connectivity index (χ1v) is 10.8. The van der Waals surface area contributed by atoms with E-state index in [-0.39, 0.29) is 28.5 Å².